The van der Waals surface area contributed by atoms with Crippen molar-refractivity contribution in [1.82, 2.24) is 4.90 Å². The lowest BCUT2D eigenvalue weighted by atomic mass is 9.45. The van der Waals surface area contributed by atoms with Gasteiger partial charge in [0.25, 0.3) is 0 Å². The lowest BCUT2D eigenvalue weighted by molar-refractivity contribution is -0.0735. The van der Waals surface area contributed by atoms with Gasteiger partial charge >= 0.3 is 0 Å². The molecule has 2 saturated carbocycles. The first kappa shape index (κ1) is 18.8. The van der Waals surface area contributed by atoms with Gasteiger partial charge in [0.05, 0.1) is 5.69 Å². The summed E-state index contributed by atoms with van der Waals surface area (Å²) in [7, 11) is 2.34. The lowest BCUT2D eigenvalue weighted by Gasteiger charge is -2.65. The molecule has 1 saturated heterocycles. The molecule has 1 aromatic rings. The Morgan fingerprint density at radius 3 is 2.54 bits per heavy atom. The first-order valence-electron chi connectivity index (χ1n) is 11.9. The SMILES string of the molecule is CN1CC[C@@]23CCCC[C@]2(C)[C@@H]1Cc1cc(NC2CCCCCC2)c(O)cc13. The molecular formula is C25H38N2O. The monoisotopic (exact) mass is 382 g/mol. The number of likely N-dealkylation sites (tertiary alicyclic amines) is 1. The highest BCUT2D eigenvalue weighted by atomic mass is 16.3. The summed E-state index contributed by atoms with van der Waals surface area (Å²) in [6.45, 7) is 3.76. The van der Waals surface area contributed by atoms with Gasteiger partial charge in [0.2, 0.25) is 0 Å². The van der Waals surface area contributed by atoms with E-state index in [2.05, 4.69) is 36.3 Å². The molecule has 0 amide bonds. The number of phenolic OH excluding ortho intramolecular Hbond substituents is 1. The van der Waals surface area contributed by atoms with Crippen LogP contribution in [0.3, 0.4) is 0 Å². The van der Waals surface area contributed by atoms with Crippen LogP contribution in [0.4, 0.5) is 5.69 Å². The fraction of sp³-hybridized carbons (Fsp3) is 0.760. The number of fused-ring (bicyclic) bond motifs is 1. The number of hydrogen-bond acceptors (Lipinski definition) is 3. The predicted octanol–water partition coefficient (Wildman–Crippen LogP) is 5.61. The summed E-state index contributed by atoms with van der Waals surface area (Å²) in [5.74, 6) is 0.489. The maximum atomic E-state index is 11.0. The highest BCUT2D eigenvalue weighted by Crippen LogP contribution is 2.63. The molecule has 0 spiro atoms. The maximum Gasteiger partial charge on any atom is 0.138 e. The molecule has 3 nitrogen and oxygen atoms in total. The van der Waals surface area contributed by atoms with E-state index in [1.807, 2.05) is 0 Å². The van der Waals surface area contributed by atoms with Gasteiger partial charge in [0, 0.05) is 17.5 Å². The summed E-state index contributed by atoms with van der Waals surface area (Å²) in [4.78, 5) is 2.64. The molecule has 3 aliphatic carbocycles. The number of benzene rings is 1. The van der Waals surface area contributed by atoms with Crippen LogP contribution in [0.5, 0.6) is 5.75 Å². The maximum absolute atomic E-state index is 11.0. The molecule has 2 bridgehead atoms. The number of piperidine rings is 1. The van der Waals surface area contributed by atoms with Crippen LogP contribution in [0.15, 0.2) is 12.1 Å². The molecule has 3 atom stereocenters. The second-order valence-electron chi connectivity index (χ2n) is 10.5. The number of aromatic hydroxyl groups is 1. The number of phenols is 1. The largest absolute Gasteiger partial charge is 0.506 e. The van der Waals surface area contributed by atoms with E-state index in [9.17, 15) is 5.11 Å². The summed E-state index contributed by atoms with van der Waals surface area (Å²) in [6.07, 6.45) is 15.6. The Morgan fingerprint density at radius 2 is 1.75 bits per heavy atom. The Kier molecular flexibility index (Phi) is 4.65. The smallest absolute Gasteiger partial charge is 0.138 e. The summed E-state index contributed by atoms with van der Waals surface area (Å²) in [6, 6.07) is 5.68. The Balaban J connectivity index is 1.53. The number of rotatable bonds is 2. The lowest BCUT2D eigenvalue weighted by Crippen LogP contribution is -2.66. The number of hydrogen-bond donors (Lipinski definition) is 2. The quantitative estimate of drug-likeness (QED) is 0.516. The minimum Gasteiger partial charge on any atom is -0.506 e. The van der Waals surface area contributed by atoms with E-state index < -0.39 is 0 Å². The molecule has 0 radical (unpaired) electrons. The van der Waals surface area contributed by atoms with Crippen molar-refractivity contribution in [1.29, 1.82) is 0 Å². The average Bonchev–Trinajstić information content (AvgIpc) is 2.95. The molecule has 154 valence electrons. The summed E-state index contributed by atoms with van der Waals surface area (Å²) in [5, 5.41) is 14.7. The number of nitrogens with zero attached hydrogens (tertiary/aromatic N) is 1. The van der Waals surface area contributed by atoms with E-state index in [0.29, 0.717) is 23.2 Å². The highest BCUT2D eigenvalue weighted by molar-refractivity contribution is 5.63. The molecular weight excluding hydrogens is 344 g/mol. The van der Waals surface area contributed by atoms with Gasteiger partial charge in [-0.15, -0.1) is 0 Å². The second kappa shape index (κ2) is 6.93. The third kappa shape index (κ3) is 2.72. The van der Waals surface area contributed by atoms with Crippen LogP contribution in [0.1, 0.15) is 88.7 Å². The zero-order valence-electron chi connectivity index (χ0n) is 17.9. The van der Waals surface area contributed by atoms with Crippen LogP contribution in [0, 0.1) is 5.41 Å². The topological polar surface area (TPSA) is 35.5 Å². The van der Waals surface area contributed by atoms with Crippen LogP contribution < -0.4 is 5.32 Å². The van der Waals surface area contributed by atoms with E-state index >= 15 is 0 Å². The number of likely N-dealkylation sites (N-methyl/N-ethyl adjacent to an activating group) is 1. The zero-order valence-corrected chi connectivity index (χ0v) is 17.9. The van der Waals surface area contributed by atoms with E-state index in [-0.39, 0.29) is 5.41 Å². The number of anilines is 1. The van der Waals surface area contributed by atoms with Gasteiger partial charge in [-0.2, -0.15) is 0 Å². The van der Waals surface area contributed by atoms with Gasteiger partial charge in [0.1, 0.15) is 5.75 Å². The first-order chi connectivity index (χ1) is 13.5. The molecule has 0 aromatic heterocycles. The minimum atomic E-state index is 0.272. The summed E-state index contributed by atoms with van der Waals surface area (Å²) in [5.41, 5.74) is 4.61. The van der Waals surface area contributed by atoms with E-state index in [0.717, 1.165) is 12.1 Å². The normalized spacial score (nSPS) is 36.3. The molecule has 5 rings (SSSR count). The Hall–Kier alpha value is -1.22. The predicted molar refractivity (Wildman–Crippen MR) is 116 cm³/mol. The van der Waals surface area contributed by atoms with Crippen molar-refractivity contribution in [2.45, 2.75) is 101 Å². The minimum absolute atomic E-state index is 0.272. The highest BCUT2D eigenvalue weighted by Gasteiger charge is 2.60. The molecule has 3 heteroatoms. The Labute approximate surface area is 170 Å². The zero-order chi connectivity index (χ0) is 19.4. The molecule has 3 fully saturated rings. The van der Waals surface area contributed by atoms with Crippen LogP contribution >= 0.6 is 0 Å². The van der Waals surface area contributed by atoms with E-state index in [1.54, 1.807) is 0 Å². The molecule has 1 aromatic carbocycles. The first-order valence-corrected chi connectivity index (χ1v) is 11.9. The fourth-order valence-electron chi connectivity index (χ4n) is 7.52. The van der Waals surface area contributed by atoms with Crippen molar-refractivity contribution in [3.63, 3.8) is 0 Å². The van der Waals surface area contributed by atoms with Gasteiger partial charge in [0.15, 0.2) is 0 Å². The second-order valence-corrected chi connectivity index (χ2v) is 10.5. The molecule has 4 aliphatic rings. The van der Waals surface area contributed by atoms with Crippen molar-refractivity contribution in [3.05, 3.63) is 23.3 Å². The molecule has 2 N–H and O–H groups in total. The average molecular weight is 383 g/mol. The van der Waals surface area contributed by atoms with Crippen LogP contribution in [0.25, 0.3) is 0 Å². The van der Waals surface area contributed by atoms with Gasteiger partial charge < -0.3 is 15.3 Å². The van der Waals surface area contributed by atoms with Crippen molar-refractivity contribution in [2.75, 3.05) is 18.9 Å². The van der Waals surface area contributed by atoms with Gasteiger partial charge in [-0.1, -0.05) is 45.4 Å². The van der Waals surface area contributed by atoms with Crippen LogP contribution in [-0.4, -0.2) is 35.7 Å². The standard InChI is InChI=1S/C25H38N2O/c1-24-11-7-8-12-25(24)13-14-27(2)23(24)16-18-15-21(22(28)17-20(18)25)26-19-9-5-3-4-6-10-19/h15,17,19,23,26,28H,3-14,16H2,1-2H3/t23-,24+,25+/m0/s1. The number of nitrogens with one attached hydrogen (secondary N) is 1. The van der Waals surface area contributed by atoms with Gasteiger partial charge in [-0.05, 0) is 80.8 Å². The molecule has 1 heterocycles. The van der Waals surface area contributed by atoms with E-state index in [4.69, 9.17) is 0 Å². The van der Waals surface area contributed by atoms with Crippen LogP contribution in [-0.2, 0) is 11.8 Å². The van der Waals surface area contributed by atoms with Crippen LogP contribution in [0.2, 0.25) is 0 Å². The van der Waals surface area contributed by atoms with Crippen molar-refractivity contribution in [3.8, 4) is 5.75 Å². The Bertz CT molecular complexity index is 738. The fourth-order valence-corrected chi connectivity index (χ4v) is 7.52. The molecule has 1 aliphatic heterocycles. The van der Waals surface area contributed by atoms with Crippen molar-refractivity contribution >= 4 is 5.69 Å². The van der Waals surface area contributed by atoms with Gasteiger partial charge in [-0.3, -0.25) is 0 Å². The molecule has 0 unspecified atom stereocenters. The molecule has 28 heavy (non-hydrogen) atoms. The van der Waals surface area contributed by atoms with Crippen molar-refractivity contribution < 1.29 is 5.11 Å². The van der Waals surface area contributed by atoms with Gasteiger partial charge in [-0.25, -0.2) is 0 Å². The summed E-state index contributed by atoms with van der Waals surface area (Å²) >= 11 is 0. The third-order valence-corrected chi connectivity index (χ3v) is 9.17. The Morgan fingerprint density at radius 1 is 1.00 bits per heavy atom. The van der Waals surface area contributed by atoms with E-state index in [1.165, 1.54) is 88.3 Å². The van der Waals surface area contributed by atoms with Crippen molar-refractivity contribution in [2.24, 2.45) is 5.41 Å². The third-order valence-electron chi connectivity index (χ3n) is 9.17. The summed E-state index contributed by atoms with van der Waals surface area (Å²) < 4.78 is 0.